The summed E-state index contributed by atoms with van der Waals surface area (Å²) in [5.74, 6) is 0.542. The second-order valence-corrected chi connectivity index (χ2v) is 5.84. The van der Waals surface area contributed by atoms with Crippen LogP contribution in [0.15, 0.2) is 18.2 Å². The minimum atomic E-state index is -0.0439. The molecule has 118 valence electrons. The molecule has 0 aliphatic heterocycles. The number of anilines is 1. The van der Waals surface area contributed by atoms with E-state index in [-0.39, 0.29) is 5.91 Å². The summed E-state index contributed by atoms with van der Waals surface area (Å²) in [5.41, 5.74) is 8.03. The third-order valence-corrected chi connectivity index (χ3v) is 4.35. The van der Waals surface area contributed by atoms with Crippen molar-refractivity contribution in [2.75, 3.05) is 26.4 Å². The van der Waals surface area contributed by atoms with Gasteiger partial charge in [-0.1, -0.05) is 32.8 Å². The van der Waals surface area contributed by atoms with E-state index >= 15 is 0 Å². The highest BCUT2D eigenvalue weighted by molar-refractivity contribution is 5.96. The van der Waals surface area contributed by atoms with Gasteiger partial charge < -0.3 is 16.0 Å². The number of rotatable bonds is 7. The maximum absolute atomic E-state index is 12.4. The first-order chi connectivity index (χ1) is 9.92. The molecule has 1 aromatic carbocycles. The van der Waals surface area contributed by atoms with Crippen LogP contribution in [0.2, 0.25) is 0 Å². The molecule has 1 amide bonds. The van der Waals surface area contributed by atoms with Crippen molar-refractivity contribution < 1.29 is 4.79 Å². The van der Waals surface area contributed by atoms with Crippen LogP contribution in [-0.2, 0) is 0 Å². The maximum atomic E-state index is 12.4. The van der Waals surface area contributed by atoms with E-state index in [2.05, 4.69) is 38.2 Å². The van der Waals surface area contributed by atoms with E-state index in [0.717, 1.165) is 18.4 Å². The number of benzene rings is 1. The largest absolute Gasteiger partial charge is 0.398 e. The summed E-state index contributed by atoms with van der Waals surface area (Å²) < 4.78 is 0. The first-order valence-electron chi connectivity index (χ1n) is 7.72. The van der Waals surface area contributed by atoms with Crippen molar-refractivity contribution in [2.45, 2.75) is 39.7 Å². The molecule has 0 spiro atoms. The van der Waals surface area contributed by atoms with Crippen molar-refractivity contribution >= 4 is 11.6 Å². The third kappa shape index (κ3) is 4.46. The Morgan fingerprint density at radius 2 is 1.90 bits per heavy atom. The van der Waals surface area contributed by atoms with Crippen molar-refractivity contribution in [1.82, 2.24) is 10.2 Å². The molecule has 0 bridgehead atoms. The molecule has 3 N–H and O–H groups in total. The van der Waals surface area contributed by atoms with Crippen molar-refractivity contribution in [3.8, 4) is 0 Å². The Morgan fingerprint density at radius 1 is 1.29 bits per heavy atom. The third-order valence-electron chi connectivity index (χ3n) is 4.35. The Morgan fingerprint density at radius 3 is 2.43 bits per heavy atom. The van der Waals surface area contributed by atoms with Gasteiger partial charge in [0.15, 0.2) is 0 Å². The maximum Gasteiger partial charge on any atom is 0.251 e. The zero-order chi connectivity index (χ0) is 16.0. The molecule has 4 heteroatoms. The van der Waals surface area contributed by atoms with E-state index in [0.29, 0.717) is 29.8 Å². The van der Waals surface area contributed by atoms with Crippen LogP contribution in [0.3, 0.4) is 0 Å². The van der Waals surface area contributed by atoms with Gasteiger partial charge >= 0.3 is 0 Å². The fourth-order valence-electron chi connectivity index (χ4n) is 2.80. The normalized spacial score (nSPS) is 12.7. The molecular weight excluding hydrogens is 262 g/mol. The molecule has 0 saturated heterocycles. The van der Waals surface area contributed by atoms with E-state index in [1.54, 1.807) is 0 Å². The highest BCUT2D eigenvalue weighted by Gasteiger charge is 2.21. The van der Waals surface area contributed by atoms with Crippen LogP contribution >= 0.6 is 0 Å². The summed E-state index contributed by atoms with van der Waals surface area (Å²) in [6.45, 7) is 6.95. The lowest BCUT2D eigenvalue weighted by Gasteiger charge is -2.31. The molecule has 1 unspecified atom stereocenters. The molecule has 0 aliphatic rings. The molecule has 4 nitrogen and oxygen atoms in total. The van der Waals surface area contributed by atoms with Crippen molar-refractivity contribution in [3.05, 3.63) is 29.3 Å². The summed E-state index contributed by atoms with van der Waals surface area (Å²) in [4.78, 5) is 14.6. The molecular formula is C17H29N3O. The number of carbonyl (C=O) groups excluding carboxylic acids is 1. The predicted octanol–water partition coefficient (Wildman–Crippen LogP) is 2.67. The molecule has 1 aromatic rings. The van der Waals surface area contributed by atoms with Gasteiger partial charge in [-0.15, -0.1) is 0 Å². The topological polar surface area (TPSA) is 58.4 Å². The van der Waals surface area contributed by atoms with Crippen molar-refractivity contribution in [2.24, 2.45) is 5.92 Å². The fourth-order valence-corrected chi connectivity index (χ4v) is 2.80. The Hall–Kier alpha value is -1.55. The number of nitrogens with zero attached hydrogens (tertiary/aromatic N) is 1. The van der Waals surface area contributed by atoms with Crippen LogP contribution in [0, 0.1) is 12.8 Å². The van der Waals surface area contributed by atoms with E-state index in [4.69, 9.17) is 5.73 Å². The van der Waals surface area contributed by atoms with E-state index in [1.807, 2.05) is 25.1 Å². The number of hydrogen-bond donors (Lipinski definition) is 2. The van der Waals surface area contributed by atoms with Crippen molar-refractivity contribution in [3.63, 3.8) is 0 Å². The first kappa shape index (κ1) is 17.5. The minimum Gasteiger partial charge on any atom is -0.398 e. The highest BCUT2D eigenvalue weighted by Crippen LogP contribution is 2.18. The number of nitrogens with two attached hydrogens (primary N) is 1. The zero-order valence-electron chi connectivity index (χ0n) is 13.9. The van der Waals surface area contributed by atoms with Gasteiger partial charge in [0.05, 0.1) is 0 Å². The molecule has 0 radical (unpaired) electrons. The van der Waals surface area contributed by atoms with Crippen molar-refractivity contribution in [1.29, 1.82) is 0 Å². The minimum absolute atomic E-state index is 0.0439. The van der Waals surface area contributed by atoms with Crippen LogP contribution < -0.4 is 11.1 Å². The highest BCUT2D eigenvalue weighted by atomic mass is 16.1. The van der Waals surface area contributed by atoms with Crippen LogP contribution in [-0.4, -0.2) is 37.5 Å². The second-order valence-electron chi connectivity index (χ2n) is 5.84. The summed E-state index contributed by atoms with van der Waals surface area (Å²) >= 11 is 0. The average Bonchev–Trinajstić information content (AvgIpc) is 2.45. The fraction of sp³-hybridized carbons (Fsp3) is 0.588. The summed E-state index contributed by atoms with van der Waals surface area (Å²) in [6, 6.07) is 5.81. The Balaban J connectivity index is 2.76. The average molecular weight is 291 g/mol. The summed E-state index contributed by atoms with van der Waals surface area (Å²) in [7, 11) is 4.14. The summed E-state index contributed by atoms with van der Waals surface area (Å²) in [5, 5.41) is 3.06. The Labute approximate surface area is 128 Å². The molecule has 0 heterocycles. The number of likely N-dealkylation sites (N-methyl/N-ethyl adjacent to an activating group) is 1. The number of carbonyl (C=O) groups is 1. The monoisotopic (exact) mass is 291 g/mol. The molecule has 1 atom stereocenters. The van der Waals surface area contributed by atoms with Crippen LogP contribution in [0.4, 0.5) is 5.69 Å². The zero-order valence-corrected chi connectivity index (χ0v) is 13.9. The molecule has 1 rings (SSSR count). The van der Waals surface area contributed by atoms with E-state index < -0.39 is 0 Å². The van der Waals surface area contributed by atoms with Crippen LogP contribution in [0.25, 0.3) is 0 Å². The quantitative estimate of drug-likeness (QED) is 0.759. The van der Waals surface area contributed by atoms with Gasteiger partial charge in [-0.25, -0.2) is 0 Å². The Kier molecular flexibility index (Phi) is 6.69. The molecule has 0 fully saturated rings. The smallest absolute Gasteiger partial charge is 0.251 e. The molecule has 0 aromatic heterocycles. The van der Waals surface area contributed by atoms with Gasteiger partial charge in [0.1, 0.15) is 0 Å². The lowest BCUT2D eigenvalue weighted by molar-refractivity contribution is 0.0928. The number of nitrogens with one attached hydrogen (secondary N) is 1. The van der Waals surface area contributed by atoms with Crippen LogP contribution in [0.1, 0.15) is 42.6 Å². The molecule has 21 heavy (non-hydrogen) atoms. The van der Waals surface area contributed by atoms with Gasteiger partial charge in [-0.05, 0) is 44.6 Å². The lowest BCUT2D eigenvalue weighted by Crippen LogP contribution is -2.44. The lowest BCUT2D eigenvalue weighted by atomic mass is 9.93. The Bertz CT molecular complexity index is 467. The predicted molar refractivity (Wildman–Crippen MR) is 89.5 cm³/mol. The van der Waals surface area contributed by atoms with Gasteiger partial charge in [-0.2, -0.15) is 0 Å². The SMILES string of the molecule is CCC(CC)C(CNC(=O)c1cccc(N)c1C)N(C)C. The standard InChI is InChI=1S/C17H29N3O/c1-6-13(7-2)16(20(4)5)11-19-17(21)14-9-8-10-15(18)12(14)3/h8-10,13,16H,6-7,11,18H2,1-5H3,(H,19,21). The van der Waals surface area contributed by atoms with Gasteiger partial charge in [0.25, 0.3) is 5.91 Å². The molecule has 0 aliphatic carbocycles. The first-order valence-corrected chi connectivity index (χ1v) is 7.72. The van der Waals surface area contributed by atoms with Crippen LogP contribution in [0.5, 0.6) is 0 Å². The number of amides is 1. The number of hydrogen-bond acceptors (Lipinski definition) is 3. The van der Waals surface area contributed by atoms with Gasteiger partial charge in [0, 0.05) is 23.8 Å². The second kappa shape index (κ2) is 8.03. The van der Waals surface area contributed by atoms with E-state index in [1.165, 1.54) is 0 Å². The summed E-state index contributed by atoms with van der Waals surface area (Å²) in [6.07, 6.45) is 2.24. The van der Waals surface area contributed by atoms with Gasteiger partial charge in [-0.3, -0.25) is 4.79 Å². The number of nitrogen functional groups attached to an aromatic ring is 1. The van der Waals surface area contributed by atoms with Gasteiger partial charge in [0.2, 0.25) is 0 Å². The molecule has 0 saturated carbocycles. The van der Waals surface area contributed by atoms with E-state index in [9.17, 15) is 4.79 Å².